The van der Waals surface area contributed by atoms with E-state index in [0.29, 0.717) is 30.5 Å². The second-order valence-electron chi connectivity index (χ2n) is 7.95. The first-order chi connectivity index (χ1) is 15.7. The second-order valence-corrected chi connectivity index (χ2v) is 7.95. The zero-order valence-corrected chi connectivity index (χ0v) is 17.8. The summed E-state index contributed by atoms with van der Waals surface area (Å²) >= 11 is 0. The van der Waals surface area contributed by atoms with E-state index in [9.17, 15) is 4.79 Å². The summed E-state index contributed by atoms with van der Waals surface area (Å²) in [4.78, 5) is 32.2. The van der Waals surface area contributed by atoms with Crippen LogP contribution >= 0.6 is 0 Å². The maximum Gasteiger partial charge on any atom is 0.254 e. The zero-order valence-electron chi connectivity index (χ0n) is 17.8. The predicted octanol–water partition coefficient (Wildman–Crippen LogP) is 1.81. The molecule has 1 saturated heterocycles. The molecule has 164 valence electrons. The van der Waals surface area contributed by atoms with Crippen molar-refractivity contribution in [1.82, 2.24) is 34.1 Å². The van der Waals surface area contributed by atoms with Gasteiger partial charge < -0.3 is 9.64 Å². The van der Waals surface area contributed by atoms with Crippen molar-refractivity contribution in [2.45, 2.75) is 26.0 Å². The molecule has 1 aliphatic heterocycles. The van der Waals surface area contributed by atoms with Gasteiger partial charge >= 0.3 is 0 Å². The van der Waals surface area contributed by atoms with E-state index >= 15 is 0 Å². The van der Waals surface area contributed by atoms with Crippen LogP contribution in [0.15, 0.2) is 54.1 Å². The molecule has 0 amide bonds. The lowest BCUT2D eigenvalue weighted by Gasteiger charge is -2.33. The quantitative estimate of drug-likeness (QED) is 0.454. The van der Waals surface area contributed by atoms with E-state index < -0.39 is 0 Å². The van der Waals surface area contributed by atoms with Gasteiger partial charge in [0, 0.05) is 56.8 Å². The number of anilines is 1. The summed E-state index contributed by atoms with van der Waals surface area (Å²) in [6.45, 7) is 2.83. The third kappa shape index (κ3) is 4.09. The van der Waals surface area contributed by atoms with Crippen LogP contribution in [0.5, 0.6) is 0 Å². The fraction of sp³-hybridized carbons (Fsp3) is 0.364. The third-order valence-corrected chi connectivity index (χ3v) is 5.81. The van der Waals surface area contributed by atoms with Crippen molar-refractivity contribution >= 4 is 11.6 Å². The number of rotatable bonds is 6. The van der Waals surface area contributed by atoms with Gasteiger partial charge in [0.05, 0.1) is 24.3 Å². The van der Waals surface area contributed by atoms with Crippen molar-refractivity contribution in [2.24, 2.45) is 5.92 Å². The Morgan fingerprint density at radius 2 is 2.06 bits per heavy atom. The average Bonchev–Trinajstić information content (AvgIpc) is 3.30. The number of ether oxygens (including phenoxy) is 1. The maximum absolute atomic E-state index is 12.6. The molecule has 0 spiro atoms. The van der Waals surface area contributed by atoms with Crippen LogP contribution in [0.2, 0.25) is 0 Å². The van der Waals surface area contributed by atoms with Crippen LogP contribution in [0.3, 0.4) is 0 Å². The van der Waals surface area contributed by atoms with Crippen LogP contribution in [0, 0.1) is 5.92 Å². The molecule has 10 heteroatoms. The first-order valence-corrected chi connectivity index (χ1v) is 10.6. The van der Waals surface area contributed by atoms with Gasteiger partial charge in [0.2, 0.25) is 0 Å². The van der Waals surface area contributed by atoms with E-state index in [4.69, 9.17) is 4.74 Å². The molecule has 0 saturated carbocycles. The molecule has 1 fully saturated rings. The molecule has 0 aliphatic carbocycles. The van der Waals surface area contributed by atoms with Crippen molar-refractivity contribution in [1.29, 1.82) is 0 Å². The molecule has 4 aromatic rings. The van der Waals surface area contributed by atoms with Crippen molar-refractivity contribution in [3.63, 3.8) is 0 Å². The number of nitrogens with zero attached hydrogens (tertiary/aromatic N) is 8. The molecule has 0 N–H and O–H groups in total. The number of piperidine rings is 1. The first-order valence-electron chi connectivity index (χ1n) is 10.6. The van der Waals surface area contributed by atoms with E-state index in [2.05, 4.69) is 29.9 Å². The summed E-state index contributed by atoms with van der Waals surface area (Å²) in [6, 6.07) is 7.33. The Hall–Kier alpha value is -3.66. The van der Waals surface area contributed by atoms with Crippen molar-refractivity contribution in [3.05, 3.63) is 65.4 Å². The van der Waals surface area contributed by atoms with E-state index in [1.807, 2.05) is 18.2 Å². The molecule has 1 aliphatic rings. The van der Waals surface area contributed by atoms with Gasteiger partial charge in [-0.1, -0.05) is 0 Å². The van der Waals surface area contributed by atoms with Crippen LogP contribution in [0.25, 0.3) is 17.0 Å². The monoisotopic (exact) mass is 432 g/mol. The van der Waals surface area contributed by atoms with Gasteiger partial charge in [-0.25, -0.2) is 9.97 Å². The largest absolute Gasteiger partial charge is 0.378 e. The molecule has 0 unspecified atom stereocenters. The molecule has 5 rings (SSSR count). The fourth-order valence-corrected chi connectivity index (χ4v) is 4.15. The van der Waals surface area contributed by atoms with Gasteiger partial charge in [0.15, 0.2) is 0 Å². The number of hydrogen-bond donors (Lipinski definition) is 0. The molecule has 0 radical (unpaired) electrons. The number of hydrogen-bond acceptors (Lipinski definition) is 8. The van der Waals surface area contributed by atoms with Crippen LogP contribution in [-0.2, 0) is 17.9 Å². The van der Waals surface area contributed by atoms with Gasteiger partial charge in [-0.05, 0) is 30.9 Å². The Labute approximate surface area is 184 Å². The fourth-order valence-electron chi connectivity index (χ4n) is 4.15. The minimum Gasteiger partial charge on any atom is -0.378 e. The Morgan fingerprint density at radius 3 is 2.81 bits per heavy atom. The molecule has 5 heterocycles. The number of methoxy groups -OCH3 is 1. The van der Waals surface area contributed by atoms with Crippen molar-refractivity contribution in [2.75, 3.05) is 25.1 Å². The molecular weight excluding hydrogens is 408 g/mol. The summed E-state index contributed by atoms with van der Waals surface area (Å²) in [5.41, 5.74) is 2.28. The number of pyridine rings is 1. The Balaban J connectivity index is 1.27. The predicted molar refractivity (Wildman–Crippen MR) is 118 cm³/mol. The Kier molecular flexibility index (Phi) is 5.59. The highest BCUT2D eigenvalue weighted by atomic mass is 16.5. The van der Waals surface area contributed by atoms with Gasteiger partial charge in [-0.2, -0.15) is 14.6 Å². The summed E-state index contributed by atoms with van der Waals surface area (Å²) in [5, 5.41) is 4.33. The summed E-state index contributed by atoms with van der Waals surface area (Å²) in [5.74, 6) is 1.95. The lowest BCUT2D eigenvalue weighted by Crippen LogP contribution is -2.37. The highest BCUT2D eigenvalue weighted by Crippen LogP contribution is 2.25. The smallest absolute Gasteiger partial charge is 0.254 e. The second kappa shape index (κ2) is 8.83. The molecular formula is C22H24N8O2. The van der Waals surface area contributed by atoms with Crippen LogP contribution in [-0.4, -0.2) is 54.3 Å². The molecule has 0 atom stereocenters. The van der Waals surface area contributed by atoms with Gasteiger partial charge in [-0.15, -0.1) is 0 Å². The van der Waals surface area contributed by atoms with E-state index in [0.717, 1.165) is 43.0 Å². The normalized spacial score (nSPS) is 14.8. The van der Waals surface area contributed by atoms with Crippen LogP contribution in [0.1, 0.15) is 18.5 Å². The molecule has 32 heavy (non-hydrogen) atoms. The minimum absolute atomic E-state index is 0.0380. The maximum atomic E-state index is 12.6. The standard InChI is InChI=1S/C22H24N8O2/c1-32-13-18-9-20(30-22(27-18)24-14-26-30)28-7-4-16(5-8-28)12-29-15-25-19(10-21(29)31)17-3-2-6-23-11-17/h2-3,6,9-11,14-16H,4-5,7-8,12-13H2,1H3. The van der Waals surface area contributed by atoms with Crippen LogP contribution in [0.4, 0.5) is 5.82 Å². The molecule has 0 bridgehead atoms. The lowest BCUT2D eigenvalue weighted by atomic mass is 9.96. The Morgan fingerprint density at radius 1 is 1.19 bits per heavy atom. The van der Waals surface area contributed by atoms with Gasteiger partial charge in [-0.3, -0.25) is 14.3 Å². The SMILES string of the molecule is COCc1cc(N2CCC(Cn3cnc(-c4cccnc4)cc3=O)CC2)n2ncnc2n1. The summed E-state index contributed by atoms with van der Waals surface area (Å²) < 4.78 is 8.72. The zero-order chi connectivity index (χ0) is 21.9. The number of fused-ring (bicyclic) bond motifs is 1. The highest BCUT2D eigenvalue weighted by molar-refractivity contribution is 5.56. The topological polar surface area (TPSA) is 103 Å². The van der Waals surface area contributed by atoms with E-state index in [-0.39, 0.29) is 5.56 Å². The van der Waals surface area contributed by atoms with Gasteiger partial charge in [0.1, 0.15) is 12.1 Å². The lowest BCUT2D eigenvalue weighted by molar-refractivity contribution is 0.181. The summed E-state index contributed by atoms with van der Waals surface area (Å²) in [7, 11) is 1.65. The van der Waals surface area contributed by atoms with Crippen molar-refractivity contribution < 1.29 is 4.74 Å². The number of aromatic nitrogens is 7. The average molecular weight is 432 g/mol. The van der Waals surface area contributed by atoms with Gasteiger partial charge in [0.25, 0.3) is 11.3 Å². The highest BCUT2D eigenvalue weighted by Gasteiger charge is 2.23. The van der Waals surface area contributed by atoms with Crippen molar-refractivity contribution in [3.8, 4) is 11.3 Å². The molecule has 10 nitrogen and oxygen atoms in total. The van der Waals surface area contributed by atoms with E-state index in [1.54, 1.807) is 41.0 Å². The Bertz CT molecular complexity index is 1260. The van der Waals surface area contributed by atoms with E-state index in [1.165, 1.54) is 6.33 Å². The van der Waals surface area contributed by atoms with Crippen LogP contribution < -0.4 is 10.5 Å². The summed E-state index contributed by atoms with van der Waals surface area (Å²) in [6.07, 6.45) is 8.52. The first kappa shape index (κ1) is 20.3. The minimum atomic E-state index is -0.0380. The molecule has 4 aromatic heterocycles. The third-order valence-electron chi connectivity index (χ3n) is 5.81. The molecule has 0 aromatic carbocycles.